The third kappa shape index (κ3) is 0.878. The Morgan fingerprint density at radius 2 is 2.30 bits per heavy atom. The van der Waals surface area contributed by atoms with E-state index in [0.29, 0.717) is 0 Å². The molecule has 1 aromatic rings. The van der Waals surface area contributed by atoms with E-state index < -0.39 is 0 Å². The molecule has 1 heteroatoms. The Kier molecular flexibility index (Phi) is 1.11. The molecule has 0 saturated carbocycles. The summed E-state index contributed by atoms with van der Waals surface area (Å²) >= 11 is 0. The largest absolute Gasteiger partial charge is 0.385 e. The molecule has 0 amide bonds. The maximum absolute atomic E-state index is 7.54. The number of benzene rings is 1. The maximum atomic E-state index is 7.54. The Balaban J connectivity index is 2.34. The van der Waals surface area contributed by atoms with Crippen LogP contribution in [0.3, 0.4) is 0 Å². The minimum absolute atomic E-state index is 0.0323. The molecule has 0 spiro atoms. The van der Waals surface area contributed by atoms with Gasteiger partial charge >= 0.3 is 0 Å². The number of rotatable bonds is 0. The Hall–Kier alpha value is -0.980. The van der Waals surface area contributed by atoms with Crippen LogP contribution in [0.15, 0.2) is 24.3 Å². The van der Waals surface area contributed by atoms with Crippen molar-refractivity contribution in [3.8, 4) is 0 Å². The number of hydrogen-bond acceptors (Lipinski definition) is 1. The van der Waals surface area contributed by atoms with Crippen molar-refractivity contribution < 1.29 is 1.37 Å². The zero-order valence-corrected chi connectivity index (χ0v) is 5.80. The third-order valence-electron chi connectivity index (χ3n) is 1.82. The highest BCUT2D eigenvalue weighted by atomic mass is 14.9. The van der Waals surface area contributed by atoms with Crippen LogP contribution in [0.4, 0.5) is 5.69 Å². The number of aryl methyl sites for hydroxylation is 1. The smallest absolute Gasteiger partial charge is 0.0372 e. The van der Waals surface area contributed by atoms with Gasteiger partial charge in [-0.25, -0.2) is 0 Å². The average Bonchev–Trinajstić information content (AvgIpc) is 2.04. The van der Waals surface area contributed by atoms with Crippen molar-refractivity contribution in [2.45, 2.75) is 12.8 Å². The summed E-state index contributed by atoms with van der Waals surface area (Å²) in [5.74, 6) is 0. The molecule has 1 N–H and O–H groups in total. The Labute approximate surface area is 62.5 Å². The molecular weight excluding hydrogens is 122 g/mol. The van der Waals surface area contributed by atoms with Crippen LogP contribution in [-0.2, 0) is 6.42 Å². The molecule has 1 aliphatic heterocycles. The molecule has 0 radical (unpaired) electrons. The SMILES string of the molecule is [2H]C1CNc2ccccc2C1. The Morgan fingerprint density at radius 1 is 1.40 bits per heavy atom. The van der Waals surface area contributed by atoms with Crippen molar-refractivity contribution >= 4 is 5.69 Å². The van der Waals surface area contributed by atoms with Crippen LogP contribution in [-0.4, -0.2) is 6.54 Å². The first-order chi connectivity index (χ1) is 5.36. The zero-order chi connectivity index (χ0) is 7.68. The second-order valence-corrected chi connectivity index (χ2v) is 2.53. The van der Waals surface area contributed by atoms with E-state index in [0.717, 1.165) is 13.0 Å². The van der Waals surface area contributed by atoms with Gasteiger partial charge in [0.25, 0.3) is 0 Å². The van der Waals surface area contributed by atoms with Crippen LogP contribution in [0.5, 0.6) is 0 Å². The third-order valence-corrected chi connectivity index (χ3v) is 1.82. The average molecular weight is 134 g/mol. The fraction of sp³-hybridized carbons (Fsp3) is 0.333. The molecular formula is C9H11N. The van der Waals surface area contributed by atoms with Crippen molar-refractivity contribution in [2.75, 3.05) is 11.9 Å². The monoisotopic (exact) mass is 134 g/mol. The highest BCUT2D eigenvalue weighted by Gasteiger charge is 2.04. The lowest BCUT2D eigenvalue weighted by molar-refractivity contribution is 0.830. The lowest BCUT2D eigenvalue weighted by Crippen LogP contribution is -2.10. The van der Waals surface area contributed by atoms with Gasteiger partial charge in [-0.3, -0.25) is 0 Å². The van der Waals surface area contributed by atoms with Gasteiger partial charge in [-0.2, -0.15) is 0 Å². The first-order valence-electron chi connectivity index (χ1n) is 4.18. The van der Waals surface area contributed by atoms with Crippen molar-refractivity contribution in [2.24, 2.45) is 0 Å². The van der Waals surface area contributed by atoms with Gasteiger partial charge < -0.3 is 5.32 Å². The molecule has 0 aliphatic carbocycles. The van der Waals surface area contributed by atoms with Crippen LogP contribution in [0.25, 0.3) is 0 Å². The van der Waals surface area contributed by atoms with Gasteiger partial charge in [0, 0.05) is 13.6 Å². The molecule has 0 aromatic heterocycles. The number of para-hydroxylation sites is 1. The molecule has 1 atom stereocenters. The molecule has 0 fully saturated rings. The van der Waals surface area contributed by atoms with Crippen LogP contribution >= 0.6 is 0 Å². The van der Waals surface area contributed by atoms with Gasteiger partial charge in [-0.1, -0.05) is 18.2 Å². The van der Waals surface area contributed by atoms with E-state index in [2.05, 4.69) is 17.4 Å². The summed E-state index contributed by atoms with van der Waals surface area (Å²) in [6.45, 7) is 0.789. The molecule has 1 aromatic carbocycles. The van der Waals surface area contributed by atoms with Crippen molar-refractivity contribution in [3.05, 3.63) is 29.8 Å². The van der Waals surface area contributed by atoms with Crippen LogP contribution < -0.4 is 5.32 Å². The number of fused-ring (bicyclic) bond motifs is 1. The second-order valence-electron chi connectivity index (χ2n) is 2.53. The van der Waals surface area contributed by atoms with Gasteiger partial charge in [0.1, 0.15) is 0 Å². The zero-order valence-electron chi connectivity index (χ0n) is 6.80. The first kappa shape index (κ1) is 4.78. The molecule has 1 nitrogen and oxygen atoms in total. The minimum Gasteiger partial charge on any atom is -0.385 e. The lowest BCUT2D eigenvalue weighted by Gasteiger charge is -2.16. The van der Waals surface area contributed by atoms with Crippen LogP contribution in [0, 0.1) is 0 Å². The highest BCUT2D eigenvalue weighted by Crippen LogP contribution is 2.19. The van der Waals surface area contributed by atoms with E-state index in [1.54, 1.807) is 0 Å². The van der Waals surface area contributed by atoms with E-state index in [4.69, 9.17) is 1.37 Å². The molecule has 10 heavy (non-hydrogen) atoms. The molecule has 0 saturated heterocycles. The normalized spacial score (nSPS) is 24.4. The first-order valence-corrected chi connectivity index (χ1v) is 3.60. The van der Waals surface area contributed by atoms with E-state index in [1.165, 1.54) is 11.3 Å². The standard InChI is InChI=1S/C9H11N/c1-2-6-9-8(4-1)5-3-7-10-9/h1-2,4,6,10H,3,5,7H2/i3D. The van der Waals surface area contributed by atoms with Gasteiger partial charge in [0.05, 0.1) is 0 Å². The van der Waals surface area contributed by atoms with E-state index >= 15 is 0 Å². The minimum atomic E-state index is 0.0323. The molecule has 1 unspecified atom stereocenters. The van der Waals surface area contributed by atoms with E-state index in [9.17, 15) is 0 Å². The highest BCUT2D eigenvalue weighted by molar-refractivity contribution is 5.52. The van der Waals surface area contributed by atoms with E-state index in [-0.39, 0.29) is 6.40 Å². The summed E-state index contributed by atoms with van der Waals surface area (Å²) in [4.78, 5) is 0. The second kappa shape index (κ2) is 2.33. The number of nitrogens with one attached hydrogen (secondary N) is 1. The summed E-state index contributed by atoms with van der Waals surface area (Å²) in [6.07, 6.45) is 0.924. The quantitative estimate of drug-likeness (QED) is 0.572. The Morgan fingerprint density at radius 3 is 3.30 bits per heavy atom. The lowest BCUT2D eigenvalue weighted by atomic mass is 10.0. The summed E-state index contributed by atoms with van der Waals surface area (Å²) in [5.41, 5.74) is 2.48. The van der Waals surface area contributed by atoms with Gasteiger partial charge in [-0.05, 0) is 24.4 Å². The fourth-order valence-corrected chi connectivity index (χ4v) is 1.28. The molecule has 0 bridgehead atoms. The molecule has 2 rings (SSSR count). The van der Waals surface area contributed by atoms with Crippen LogP contribution in [0.1, 0.15) is 13.3 Å². The van der Waals surface area contributed by atoms with Gasteiger partial charge in [0.2, 0.25) is 0 Å². The topological polar surface area (TPSA) is 12.0 Å². The van der Waals surface area contributed by atoms with E-state index in [1.807, 2.05) is 12.1 Å². The predicted molar refractivity (Wildman–Crippen MR) is 43.3 cm³/mol. The van der Waals surface area contributed by atoms with Crippen molar-refractivity contribution in [1.29, 1.82) is 0 Å². The number of hydrogen-bond donors (Lipinski definition) is 1. The van der Waals surface area contributed by atoms with Crippen molar-refractivity contribution in [1.82, 2.24) is 0 Å². The summed E-state index contributed by atoms with van der Waals surface area (Å²) < 4.78 is 7.54. The van der Waals surface area contributed by atoms with Gasteiger partial charge in [0.15, 0.2) is 0 Å². The number of anilines is 1. The van der Waals surface area contributed by atoms with Crippen molar-refractivity contribution in [3.63, 3.8) is 0 Å². The van der Waals surface area contributed by atoms with Crippen LogP contribution in [0.2, 0.25) is 0 Å². The molecule has 1 aliphatic rings. The molecule has 52 valence electrons. The van der Waals surface area contributed by atoms with Gasteiger partial charge in [-0.15, -0.1) is 0 Å². The molecule has 1 heterocycles. The summed E-state index contributed by atoms with van der Waals surface area (Å²) in [5, 5.41) is 3.22. The fourth-order valence-electron chi connectivity index (χ4n) is 1.28. The Bertz CT molecular complexity index is 259. The maximum Gasteiger partial charge on any atom is 0.0372 e. The summed E-state index contributed by atoms with van der Waals surface area (Å²) in [6, 6.07) is 8.21. The summed E-state index contributed by atoms with van der Waals surface area (Å²) in [7, 11) is 0. The predicted octanol–water partition coefficient (Wildman–Crippen LogP) is 2.04.